The van der Waals surface area contributed by atoms with E-state index in [1.165, 1.54) is 13.2 Å². The van der Waals surface area contributed by atoms with E-state index >= 15 is 0 Å². The van der Waals surface area contributed by atoms with Crippen LogP contribution in [0.4, 0.5) is 0 Å². The summed E-state index contributed by atoms with van der Waals surface area (Å²) in [4.78, 5) is 47.0. The van der Waals surface area contributed by atoms with Crippen LogP contribution in [0.15, 0.2) is 78.9 Å². The van der Waals surface area contributed by atoms with Crippen molar-refractivity contribution in [1.82, 2.24) is 0 Å². The zero-order chi connectivity index (χ0) is 26.5. The van der Waals surface area contributed by atoms with Crippen LogP contribution in [0.2, 0.25) is 0 Å². The van der Waals surface area contributed by atoms with Crippen molar-refractivity contribution in [3.05, 3.63) is 90.0 Å². The summed E-state index contributed by atoms with van der Waals surface area (Å²) >= 11 is 0. The number of carbonyl (C=O) groups excluding carboxylic acids is 4. The van der Waals surface area contributed by atoms with E-state index < -0.39 is 24.5 Å². The first kappa shape index (κ1) is 27.7. The second-order valence-corrected chi connectivity index (χ2v) is 7.28. The lowest BCUT2D eigenvalue weighted by atomic mass is 10.1. The molecule has 0 aliphatic carbocycles. The van der Waals surface area contributed by atoms with Crippen molar-refractivity contribution in [2.24, 2.45) is 0 Å². The van der Waals surface area contributed by atoms with E-state index in [4.69, 9.17) is 19.3 Å². The van der Waals surface area contributed by atoms with E-state index in [0.717, 1.165) is 0 Å². The van der Waals surface area contributed by atoms with Crippen LogP contribution in [-0.4, -0.2) is 55.7 Å². The number of benzene rings is 2. The number of aliphatic hydroxyl groups is 1. The summed E-state index contributed by atoms with van der Waals surface area (Å²) in [5.41, 5.74) is 1.08. The first-order valence-electron chi connectivity index (χ1n) is 10.7. The van der Waals surface area contributed by atoms with Gasteiger partial charge in [0.25, 0.3) is 0 Å². The van der Waals surface area contributed by atoms with Gasteiger partial charge >= 0.3 is 17.9 Å². The normalized spacial score (nSPS) is 10.4. The lowest BCUT2D eigenvalue weighted by Gasteiger charge is -2.08. The molecule has 0 atom stereocenters. The van der Waals surface area contributed by atoms with E-state index in [1.807, 2.05) is 0 Å². The summed E-state index contributed by atoms with van der Waals surface area (Å²) in [7, 11) is 1.21. The van der Waals surface area contributed by atoms with E-state index in [9.17, 15) is 19.2 Å². The number of ketones is 1. The van der Waals surface area contributed by atoms with Gasteiger partial charge in [0.1, 0.15) is 24.7 Å². The van der Waals surface area contributed by atoms with Gasteiger partial charge in [-0.1, -0.05) is 31.4 Å². The van der Waals surface area contributed by atoms with Gasteiger partial charge in [-0.05, 0) is 48.0 Å². The Bertz CT molecular complexity index is 1140. The van der Waals surface area contributed by atoms with Gasteiger partial charge in [-0.15, -0.1) is 0 Å². The van der Waals surface area contributed by atoms with Crippen LogP contribution in [0.3, 0.4) is 0 Å². The topological polar surface area (TPSA) is 125 Å². The first-order valence-corrected chi connectivity index (χ1v) is 10.7. The van der Waals surface area contributed by atoms with E-state index in [2.05, 4.69) is 17.9 Å². The summed E-state index contributed by atoms with van der Waals surface area (Å²) in [5.74, 6) is -1.49. The van der Waals surface area contributed by atoms with Gasteiger partial charge in [0, 0.05) is 11.1 Å². The van der Waals surface area contributed by atoms with Gasteiger partial charge in [0.15, 0.2) is 5.78 Å². The molecule has 0 spiro atoms. The summed E-state index contributed by atoms with van der Waals surface area (Å²) in [5, 5.41) is 8.80. The molecule has 36 heavy (non-hydrogen) atoms. The van der Waals surface area contributed by atoms with Gasteiger partial charge in [-0.2, -0.15) is 0 Å². The second-order valence-electron chi connectivity index (χ2n) is 7.28. The Morgan fingerprint density at radius 3 is 2.11 bits per heavy atom. The third kappa shape index (κ3) is 9.03. The molecule has 1 N–H and O–H groups in total. The fourth-order valence-corrected chi connectivity index (χ4v) is 2.59. The van der Waals surface area contributed by atoms with Crippen LogP contribution in [-0.2, 0) is 23.9 Å². The zero-order valence-corrected chi connectivity index (χ0v) is 19.7. The quantitative estimate of drug-likeness (QED) is 0.147. The maximum absolute atomic E-state index is 12.4. The van der Waals surface area contributed by atoms with Crippen LogP contribution >= 0.6 is 0 Å². The number of allylic oxidation sites excluding steroid dienone is 1. The Hall–Kier alpha value is -4.50. The first-order chi connectivity index (χ1) is 17.2. The number of carbonyl (C=O) groups is 4. The monoisotopic (exact) mass is 494 g/mol. The van der Waals surface area contributed by atoms with Crippen molar-refractivity contribution < 1.29 is 43.2 Å². The van der Waals surface area contributed by atoms with Crippen LogP contribution in [0.1, 0.15) is 22.3 Å². The van der Waals surface area contributed by atoms with E-state index in [1.54, 1.807) is 54.6 Å². The Kier molecular flexibility index (Phi) is 10.8. The third-order valence-corrected chi connectivity index (χ3v) is 4.60. The van der Waals surface area contributed by atoms with Crippen LogP contribution in [0.5, 0.6) is 11.5 Å². The largest absolute Gasteiger partial charge is 0.490 e. The average Bonchev–Trinajstić information content (AvgIpc) is 2.89. The Morgan fingerprint density at radius 2 is 1.50 bits per heavy atom. The number of aliphatic hydroxyl groups excluding tert-OH is 1. The molecule has 0 radical (unpaired) electrons. The standard InChI is InChI=1S/C27H26O9/c1-18(16-25(30)33-3)27(32)36-23-9-4-20(5-10-23)6-13-24(29)21-7-11-22(12-8-21)34-14-15-35-26(31)19(2)17-28/h4-13,28H,1-2,14-17H2,3H3/b13-6+. The maximum atomic E-state index is 12.4. The molecule has 0 aromatic heterocycles. The molecule has 2 aromatic carbocycles. The summed E-state index contributed by atoms with van der Waals surface area (Å²) < 4.78 is 20.0. The van der Waals surface area contributed by atoms with Crippen molar-refractivity contribution in [2.75, 3.05) is 26.9 Å². The Morgan fingerprint density at radius 1 is 0.861 bits per heavy atom. The van der Waals surface area contributed by atoms with Crippen molar-refractivity contribution in [3.63, 3.8) is 0 Å². The molecule has 2 aromatic rings. The molecule has 188 valence electrons. The van der Waals surface area contributed by atoms with E-state index in [0.29, 0.717) is 16.9 Å². The fourth-order valence-electron chi connectivity index (χ4n) is 2.59. The Balaban J connectivity index is 1.83. The summed E-state index contributed by atoms with van der Waals surface area (Å²) in [6, 6.07) is 12.9. The molecule has 9 heteroatoms. The van der Waals surface area contributed by atoms with Gasteiger partial charge in [0.05, 0.1) is 25.7 Å². The number of hydrogen-bond donors (Lipinski definition) is 1. The van der Waals surface area contributed by atoms with Gasteiger partial charge < -0.3 is 24.1 Å². The average molecular weight is 494 g/mol. The highest BCUT2D eigenvalue weighted by atomic mass is 16.6. The number of esters is 3. The predicted octanol–water partition coefficient (Wildman–Crippen LogP) is 3.08. The lowest BCUT2D eigenvalue weighted by Crippen LogP contribution is -2.15. The molecule has 0 aliphatic heterocycles. The minimum atomic E-state index is -0.736. The molecule has 0 fully saturated rings. The lowest BCUT2D eigenvalue weighted by molar-refractivity contribution is -0.141. The SMILES string of the molecule is C=C(CO)C(=O)OCCOc1ccc(C(=O)/C=C/c2ccc(OC(=O)C(=C)CC(=O)OC)cc2)cc1. The molecular formula is C27H26O9. The van der Waals surface area contributed by atoms with Crippen LogP contribution in [0.25, 0.3) is 6.08 Å². The molecule has 0 unspecified atom stereocenters. The molecule has 0 saturated carbocycles. The van der Waals surface area contributed by atoms with Crippen LogP contribution in [0, 0.1) is 0 Å². The fraction of sp³-hybridized carbons (Fsp3) is 0.185. The van der Waals surface area contributed by atoms with Gasteiger partial charge in [-0.3, -0.25) is 9.59 Å². The van der Waals surface area contributed by atoms with Crippen molar-refractivity contribution >= 4 is 29.8 Å². The number of hydrogen-bond acceptors (Lipinski definition) is 9. The minimum absolute atomic E-state index is 0.0124. The molecule has 9 nitrogen and oxygen atoms in total. The number of methoxy groups -OCH3 is 1. The predicted molar refractivity (Wildman–Crippen MR) is 130 cm³/mol. The summed E-state index contributed by atoms with van der Waals surface area (Å²) in [6.45, 7) is 6.49. The highest BCUT2D eigenvalue weighted by molar-refractivity contribution is 6.06. The number of ether oxygens (including phenoxy) is 4. The summed E-state index contributed by atoms with van der Waals surface area (Å²) in [6.07, 6.45) is 2.76. The highest BCUT2D eigenvalue weighted by Gasteiger charge is 2.14. The van der Waals surface area contributed by atoms with E-state index in [-0.39, 0.29) is 42.3 Å². The maximum Gasteiger partial charge on any atom is 0.339 e. The van der Waals surface area contributed by atoms with Crippen molar-refractivity contribution in [2.45, 2.75) is 6.42 Å². The van der Waals surface area contributed by atoms with Crippen LogP contribution < -0.4 is 9.47 Å². The highest BCUT2D eigenvalue weighted by Crippen LogP contribution is 2.17. The molecule has 0 bridgehead atoms. The molecule has 0 heterocycles. The zero-order valence-electron chi connectivity index (χ0n) is 19.7. The molecule has 0 amide bonds. The second kappa shape index (κ2) is 14.0. The van der Waals surface area contributed by atoms with Gasteiger partial charge in [0.2, 0.25) is 0 Å². The smallest absolute Gasteiger partial charge is 0.339 e. The molecule has 2 rings (SSSR count). The third-order valence-electron chi connectivity index (χ3n) is 4.60. The van der Waals surface area contributed by atoms with Gasteiger partial charge in [-0.25, -0.2) is 9.59 Å². The molecular weight excluding hydrogens is 468 g/mol. The Labute approximate surface area is 208 Å². The molecule has 0 aliphatic rings. The number of rotatable bonds is 13. The minimum Gasteiger partial charge on any atom is -0.490 e. The van der Waals surface area contributed by atoms with Crippen molar-refractivity contribution in [1.29, 1.82) is 0 Å². The van der Waals surface area contributed by atoms with Crippen molar-refractivity contribution in [3.8, 4) is 11.5 Å². The molecule has 0 saturated heterocycles.